The van der Waals surface area contributed by atoms with Crippen LogP contribution in [0.1, 0.15) is 79.1 Å². The third-order valence-corrected chi connectivity index (χ3v) is 7.50. The molecule has 3 aliphatic carbocycles. The van der Waals surface area contributed by atoms with Crippen molar-refractivity contribution < 1.29 is 5.11 Å². The second-order valence-corrected chi connectivity index (χ2v) is 8.96. The minimum atomic E-state index is -0.185. The van der Waals surface area contributed by atoms with Gasteiger partial charge >= 0.3 is 0 Å². The molecular formula is C20H34O. The average molecular weight is 290 g/mol. The predicted molar refractivity (Wildman–Crippen MR) is 89.1 cm³/mol. The molecule has 3 rings (SSSR count). The number of hydrogen-bond acceptors (Lipinski definition) is 1. The summed E-state index contributed by atoms with van der Waals surface area (Å²) in [5, 5.41) is 10.7. The fraction of sp³-hybridized carbons (Fsp3) is 0.900. The van der Waals surface area contributed by atoms with E-state index in [0.717, 1.165) is 18.3 Å². The van der Waals surface area contributed by atoms with Gasteiger partial charge in [0.2, 0.25) is 0 Å². The van der Waals surface area contributed by atoms with Crippen LogP contribution in [0.3, 0.4) is 0 Å². The number of rotatable bonds is 1. The predicted octanol–water partition coefficient (Wildman–Crippen LogP) is 5.34. The van der Waals surface area contributed by atoms with Gasteiger partial charge in [-0.3, -0.25) is 0 Å². The van der Waals surface area contributed by atoms with E-state index >= 15 is 0 Å². The highest BCUT2D eigenvalue weighted by Crippen LogP contribution is 2.63. The molecular weight excluding hydrogens is 256 g/mol. The van der Waals surface area contributed by atoms with Crippen molar-refractivity contribution >= 4 is 0 Å². The van der Waals surface area contributed by atoms with Crippen molar-refractivity contribution in [1.82, 2.24) is 0 Å². The lowest BCUT2D eigenvalue weighted by Gasteiger charge is -2.60. The molecule has 3 aliphatic rings. The first kappa shape index (κ1) is 15.6. The van der Waals surface area contributed by atoms with Gasteiger partial charge in [-0.1, -0.05) is 45.8 Å². The maximum Gasteiger partial charge on any atom is 0.0754 e. The lowest BCUT2D eigenvalue weighted by molar-refractivity contribution is -0.115. The SMILES string of the molecule is CCC1=CC(O)C2CCC3C(C)(C)CCCC3(C)C2CC1. The Morgan fingerprint density at radius 3 is 2.62 bits per heavy atom. The number of allylic oxidation sites excluding steroid dienone is 1. The van der Waals surface area contributed by atoms with Gasteiger partial charge in [-0.15, -0.1) is 0 Å². The molecule has 0 aromatic carbocycles. The van der Waals surface area contributed by atoms with Crippen LogP contribution in [-0.4, -0.2) is 11.2 Å². The van der Waals surface area contributed by atoms with Gasteiger partial charge in [-0.2, -0.15) is 0 Å². The molecule has 0 aromatic heterocycles. The summed E-state index contributed by atoms with van der Waals surface area (Å²) >= 11 is 0. The van der Waals surface area contributed by atoms with E-state index in [4.69, 9.17) is 0 Å². The van der Waals surface area contributed by atoms with Crippen molar-refractivity contribution in [3.63, 3.8) is 0 Å². The molecule has 1 nitrogen and oxygen atoms in total. The lowest BCUT2D eigenvalue weighted by atomic mass is 9.45. The van der Waals surface area contributed by atoms with E-state index in [1.807, 2.05) is 0 Å². The summed E-state index contributed by atoms with van der Waals surface area (Å²) in [5.41, 5.74) is 2.45. The topological polar surface area (TPSA) is 20.2 Å². The Balaban J connectivity index is 1.91. The van der Waals surface area contributed by atoms with Crippen molar-refractivity contribution in [3.8, 4) is 0 Å². The Labute approximate surface area is 131 Å². The highest BCUT2D eigenvalue weighted by molar-refractivity contribution is 5.14. The molecule has 120 valence electrons. The fourth-order valence-electron chi connectivity index (χ4n) is 6.42. The van der Waals surface area contributed by atoms with E-state index in [9.17, 15) is 5.11 Å². The van der Waals surface area contributed by atoms with Crippen molar-refractivity contribution in [2.45, 2.75) is 85.2 Å². The van der Waals surface area contributed by atoms with E-state index in [-0.39, 0.29) is 6.10 Å². The first-order valence-corrected chi connectivity index (χ1v) is 9.26. The van der Waals surface area contributed by atoms with Crippen LogP contribution >= 0.6 is 0 Å². The van der Waals surface area contributed by atoms with E-state index in [1.165, 1.54) is 50.5 Å². The molecule has 0 spiro atoms. The van der Waals surface area contributed by atoms with Crippen LogP contribution in [0.15, 0.2) is 11.6 Å². The summed E-state index contributed by atoms with van der Waals surface area (Å²) in [6.07, 6.45) is 12.4. The van der Waals surface area contributed by atoms with Gasteiger partial charge in [-0.05, 0) is 73.5 Å². The Hall–Kier alpha value is -0.300. The van der Waals surface area contributed by atoms with Gasteiger partial charge < -0.3 is 5.11 Å². The molecule has 0 heterocycles. The summed E-state index contributed by atoms with van der Waals surface area (Å²) in [6.45, 7) is 9.80. The third-order valence-electron chi connectivity index (χ3n) is 7.50. The standard InChI is InChI=1S/C20H34O/c1-5-14-7-9-16-15(17(21)13-14)8-10-18-19(2,3)11-6-12-20(16,18)4/h13,15-18,21H,5-12H2,1-4H3. The summed E-state index contributed by atoms with van der Waals surface area (Å²) < 4.78 is 0. The largest absolute Gasteiger partial charge is 0.389 e. The Morgan fingerprint density at radius 1 is 1.14 bits per heavy atom. The average Bonchev–Trinajstić information content (AvgIpc) is 2.58. The Bertz CT molecular complexity index is 422. The smallest absolute Gasteiger partial charge is 0.0754 e. The van der Waals surface area contributed by atoms with Crippen molar-refractivity contribution in [1.29, 1.82) is 0 Å². The minimum Gasteiger partial charge on any atom is -0.389 e. The van der Waals surface area contributed by atoms with E-state index < -0.39 is 0 Å². The number of fused-ring (bicyclic) bond motifs is 3. The number of aliphatic hydroxyl groups is 1. The lowest BCUT2D eigenvalue weighted by Crippen LogP contribution is -2.53. The molecule has 5 atom stereocenters. The zero-order chi connectivity index (χ0) is 15.3. The second kappa shape index (κ2) is 5.41. The Morgan fingerprint density at radius 2 is 1.90 bits per heavy atom. The molecule has 21 heavy (non-hydrogen) atoms. The second-order valence-electron chi connectivity index (χ2n) is 8.96. The van der Waals surface area contributed by atoms with Gasteiger partial charge in [0.25, 0.3) is 0 Å². The zero-order valence-electron chi connectivity index (χ0n) is 14.5. The van der Waals surface area contributed by atoms with Gasteiger partial charge in [0.15, 0.2) is 0 Å². The molecule has 0 amide bonds. The van der Waals surface area contributed by atoms with E-state index in [1.54, 1.807) is 0 Å². The summed E-state index contributed by atoms with van der Waals surface area (Å²) in [5.74, 6) is 2.10. The third kappa shape index (κ3) is 2.50. The van der Waals surface area contributed by atoms with E-state index in [0.29, 0.717) is 16.7 Å². The van der Waals surface area contributed by atoms with Crippen LogP contribution in [0, 0.1) is 28.6 Å². The number of aliphatic hydroxyl groups excluding tert-OH is 1. The van der Waals surface area contributed by atoms with Crippen LogP contribution in [0.5, 0.6) is 0 Å². The summed E-state index contributed by atoms with van der Waals surface area (Å²) in [4.78, 5) is 0. The molecule has 0 bridgehead atoms. The van der Waals surface area contributed by atoms with Crippen LogP contribution < -0.4 is 0 Å². The van der Waals surface area contributed by atoms with Gasteiger partial charge in [0.05, 0.1) is 6.10 Å². The maximum atomic E-state index is 10.7. The van der Waals surface area contributed by atoms with Gasteiger partial charge in [0, 0.05) is 0 Å². The summed E-state index contributed by atoms with van der Waals surface area (Å²) in [7, 11) is 0. The molecule has 2 saturated carbocycles. The molecule has 2 fully saturated rings. The highest BCUT2D eigenvalue weighted by atomic mass is 16.3. The molecule has 5 unspecified atom stereocenters. The van der Waals surface area contributed by atoms with Crippen molar-refractivity contribution in [2.24, 2.45) is 28.6 Å². The van der Waals surface area contributed by atoms with Crippen LogP contribution in [0.25, 0.3) is 0 Å². The van der Waals surface area contributed by atoms with E-state index in [2.05, 4.69) is 33.8 Å². The fourth-order valence-corrected chi connectivity index (χ4v) is 6.42. The molecule has 0 saturated heterocycles. The van der Waals surface area contributed by atoms with Gasteiger partial charge in [-0.25, -0.2) is 0 Å². The maximum absolute atomic E-state index is 10.7. The first-order chi connectivity index (χ1) is 9.88. The van der Waals surface area contributed by atoms with Gasteiger partial charge in [0.1, 0.15) is 0 Å². The Kier molecular flexibility index (Phi) is 4.01. The molecule has 0 radical (unpaired) electrons. The number of hydrogen-bond donors (Lipinski definition) is 1. The van der Waals surface area contributed by atoms with Crippen LogP contribution in [0.4, 0.5) is 0 Å². The van der Waals surface area contributed by atoms with Crippen molar-refractivity contribution in [3.05, 3.63) is 11.6 Å². The molecule has 1 heteroatoms. The highest BCUT2D eigenvalue weighted by Gasteiger charge is 2.55. The minimum absolute atomic E-state index is 0.185. The molecule has 0 aliphatic heterocycles. The van der Waals surface area contributed by atoms with Crippen LogP contribution in [0.2, 0.25) is 0 Å². The monoisotopic (exact) mass is 290 g/mol. The quantitative estimate of drug-likeness (QED) is 0.647. The van der Waals surface area contributed by atoms with Crippen molar-refractivity contribution in [2.75, 3.05) is 0 Å². The first-order valence-electron chi connectivity index (χ1n) is 9.26. The molecule has 0 aromatic rings. The zero-order valence-corrected chi connectivity index (χ0v) is 14.5. The summed E-state index contributed by atoms with van der Waals surface area (Å²) in [6, 6.07) is 0. The van der Waals surface area contributed by atoms with Crippen LogP contribution in [-0.2, 0) is 0 Å². The molecule has 1 N–H and O–H groups in total. The normalized spacial score (nSPS) is 46.0.